The Bertz CT molecular complexity index is 2020. The van der Waals surface area contributed by atoms with Crippen LogP contribution in [0.5, 0.6) is 0 Å². The summed E-state index contributed by atoms with van der Waals surface area (Å²) in [6.45, 7) is 8.76. The lowest BCUT2D eigenvalue weighted by Crippen LogP contribution is -2.42. The Balaban J connectivity index is 1.33. The van der Waals surface area contributed by atoms with Crippen LogP contribution in [0, 0.1) is 6.92 Å². The van der Waals surface area contributed by atoms with Gasteiger partial charge in [0.1, 0.15) is 5.60 Å². The second kappa shape index (κ2) is 12.4. The third kappa shape index (κ3) is 6.45. The van der Waals surface area contributed by atoms with Gasteiger partial charge in [0.25, 0.3) is 10.0 Å². The summed E-state index contributed by atoms with van der Waals surface area (Å²) in [5.41, 5.74) is 4.01. The number of aromatic nitrogens is 4. The van der Waals surface area contributed by atoms with Crippen LogP contribution in [0.1, 0.15) is 56.3 Å². The number of halogens is 1. The third-order valence-electron chi connectivity index (χ3n) is 8.07. The minimum absolute atomic E-state index is 0.138. The standard InChI is InChI=1S/C35H36ClN5O4S/c1-24-9-8-12-32(36)30(24)14-13-25-23-41(46(43,44)29-10-6-5-7-11-29)33-31(25)19-26(20-37-33)27-21-38-40(22-27)28-15-17-39(18-16-28)34(42)45-35(2,3)4/h5-14,19-23,28H,15-18H2,1-4H3/b14-13+. The van der Waals surface area contributed by atoms with E-state index < -0.39 is 15.6 Å². The zero-order valence-corrected chi connectivity index (χ0v) is 27.8. The lowest BCUT2D eigenvalue weighted by atomic mass is 10.0. The van der Waals surface area contributed by atoms with Crippen molar-refractivity contribution in [1.82, 2.24) is 23.6 Å². The summed E-state index contributed by atoms with van der Waals surface area (Å²) in [6.07, 6.45) is 12.1. The topological polar surface area (TPSA) is 99.3 Å². The molecule has 1 saturated heterocycles. The van der Waals surface area contributed by atoms with Crippen molar-refractivity contribution in [2.75, 3.05) is 13.1 Å². The number of rotatable bonds is 6. The Kier molecular flexibility index (Phi) is 8.52. The Labute approximate surface area is 274 Å². The van der Waals surface area contributed by atoms with Crippen LogP contribution in [0.4, 0.5) is 4.79 Å². The van der Waals surface area contributed by atoms with E-state index in [1.807, 2.05) is 75.0 Å². The summed E-state index contributed by atoms with van der Waals surface area (Å²) in [5.74, 6) is 0. The average Bonchev–Trinajstić information content (AvgIpc) is 3.66. The number of piperidine rings is 1. The zero-order valence-electron chi connectivity index (χ0n) is 26.2. The zero-order chi connectivity index (χ0) is 32.6. The molecule has 0 radical (unpaired) electrons. The van der Waals surface area contributed by atoms with Crippen molar-refractivity contribution in [3.63, 3.8) is 0 Å². The Morgan fingerprint density at radius 1 is 0.978 bits per heavy atom. The molecule has 4 heterocycles. The highest BCUT2D eigenvalue weighted by Gasteiger charge is 2.28. The maximum absolute atomic E-state index is 13.7. The number of likely N-dealkylation sites (tertiary alicyclic amines) is 1. The van der Waals surface area contributed by atoms with Gasteiger partial charge in [-0.3, -0.25) is 4.68 Å². The summed E-state index contributed by atoms with van der Waals surface area (Å²) in [4.78, 5) is 19.1. The van der Waals surface area contributed by atoms with Crippen LogP contribution in [0.15, 0.2) is 84.3 Å². The number of amides is 1. The second-order valence-electron chi connectivity index (χ2n) is 12.5. The van der Waals surface area contributed by atoms with Crippen molar-refractivity contribution in [3.8, 4) is 11.1 Å². The molecule has 0 aliphatic carbocycles. The molecule has 0 N–H and O–H groups in total. The van der Waals surface area contributed by atoms with E-state index in [2.05, 4.69) is 10.1 Å². The number of fused-ring (bicyclic) bond motifs is 1. The number of carbonyl (C=O) groups is 1. The fourth-order valence-electron chi connectivity index (χ4n) is 5.64. The van der Waals surface area contributed by atoms with Gasteiger partial charge in [0.2, 0.25) is 0 Å². The highest BCUT2D eigenvalue weighted by Crippen LogP contribution is 2.32. The molecule has 6 rings (SSSR count). The van der Waals surface area contributed by atoms with Gasteiger partial charge in [-0.1, -0.05) is 54.1 Å². The largest absolute Gasteiger partial charge is 0.444 e. The lowest BCUT2D eigenvalue weighted by molar-refractivity contribution is 0.0184. The van der Waals surface area contributed by atoms with Gasteiger partial charge < -0.3 is 9.64 Å². The molecule has 0 bridgehead atoms. The van der Waals surface area contributed by atoms with Crippen molar-refractivity contribution >= 4 is 50.9 Å². The minimum Gasteiger partial charge on any atom is -0.444 e. The van der Waals surface area contributed by atoms with Crippen molar-refractivity contribution in [3.05, 3.63) is 101 Å². The van der Waals surface area contributed by atoms with Crippen molar-refractivity contribution in [2.45, 2.75) is 57.1 Å². The molecule has 0 unspecified atom stereocenters. The molecule has 1 fully saturated rings. The van der Waals surface area contributed by atoms with Gasteiger partial charge in [0.05, 0.1) is 17.1 Å². The first-order chi connectivity index (χ1) is 21.9. The van der Waals surface area contributed by atoms with Crippen molar-refractivity contribution in [2.24, 2.45) is 0 Å². The maximum atomic E-state index is 13.7. The molecule has 2 aromatic carbocycles. The number of hydrogen-bond acceptors (Lipinski definition) is 6. The van der Waals surface area contributed by atoms with Crippen LogP contribution in [0.2, 0.25) is 5.02 Å². The van der Waals surface area contributed by atoms with E-state index in [9.17, 15) is 13.2 Å². The van der Waals surface area contributed by atoms with E-state index >= 15 is 0 Å². The Hall–Kier alpha value is -4.41. The fraction of sp³-hybridized carbons (Fsp3) is 0.286. The number of hydrogen-bond donors (Lipinski definition) is 0. The van der Waals surface area contributed by atoms with Gasteiger partial charge in [-0.2, -0.15) is 5.10 Å². The fourth-order valence-corrected chi connectivity index (χ4v) is 7.28. The molecule has 0 atom stereocenters. The number of pyridine rings is 1. The van der Waals surface area contributed by atoms with Crippen LogP contribution in [0.3, 0.4) is 0 Å². The van der Waals surface area contributed by atoms with E-state index in [0.29, 0.717) is 34.7 Å². The van der Waals surface area contributed by atoms with Crippen LogP contribution in [-0.2, 0) is 14.8 Å². The molecule has 3 aromatic heterocycles. The van der Waals surface area contributed by atoms with Crippen molar-refractivity contribution < 1.29 is 17.9 Å². The van der Waals surface area contributed by atoms with E-state index in [1.165, 1.54) is 3.97 Å². The summed E-state index contributed by atoms with van der Waals surface area (Å²) in [7, 11) is -3.91. The van der Waals surface area contributed by atoms with Gasteiger partial charge in [0, 0.05) is 58.8 Å². The molecule has 238 valence electrons. The summed E-state index contributed by atoms with van der Waals surface area (Å²) in [6, 6.07) is 16.1. The summed E-state index contributed by atoms with van der Waals surface area (Å²) < 4.78 is 36.2. The average molecular weight is 658 g/mol. The first kappa shape index (κ1) is 31.6. The molecular weight excluding hydrogens is 622 g/mol. The summed E-state index contributed by atoms with van der Waals surface area (Å²) >= 11 is 6.49. The molecule has 1 aliphatic heterocycles. The number of carbonyl (C=O) groups excluding carboxylic acids is 1. The van der Waals surface area contributed by atoms with E-state index in [-0.39, 0.29) is 17.0 Å². The van der Waals surface area contributed by atoms with Crippen LogP contribution in [0.25, 0.3) is 34.3 Å². The highest BCUT2D eigenvalue weighted by molar-refractivity contribution is 7.90. The van der Waals surface area contributed by atoms with Gasteiger partial charge >= 0.3 is 6.09 Å². The minimum atomic E-state index is -3.91. The van der Waals surface area contributed by atoms with Crippen LogP contribution >= 0.6 is 11.6 Å². The SMILES string of the molecule is Cc1cccc(Cl)c1/C=C/c1cn(S(=O)(=O)c2ccccc2)c2ncc(-c3cnn(C4CCN(C(=O)OC(C)(C)C)CC4)c3)cc12. The molecule has 46 heavy (non-hydrogen) atoms. The van der Waals surface area contributed by atoms with E-state index in [4.69, 9.17) is 16.3 Å². The number of aryl methyl sites for hydroxylation is 1. The maximum Gasteiger partial charge on any atom is 0.410 e. The van der Waals surface area contributed by atoms with Gasteiger partial charge in [-0.15, -0.1) is 0 Å². The van der Waals surface area contributed by atoms with E-state index in [1.54, 1.807) is 53.8 Å². The van der Waals surface area contributed by atoms with Crippen LogP contribution < -0.4 is 0 Å². The first-order valence-electron chi connectivity index (χ1n) is 15.2. The Morgan fingerprint density at radius 3 is 2.41 bits per heavy atom. The second-order valence-corrected chi connectivity index (χ2v) is 14.7. The molecular formula is C35H36ClN5O4S. The molecule has 11 heteroatoms. The number of benzene rings is 2. The third-order valence-corrected chi connectivity index (χ3v) is 10.1. The van der Waals surface area contributed by atoms with Gasteiger partial charge in [-0.05, 0) is 75.9 Å². The van der Waals surface area contributed by atoms with Crippen molar-refractivity contribution in [1.29, 1.82) is 0 Å². The van der Waals surface area contributed by atoms with Crippen LogP contribution in [-0.4, -0.2) is 56.8 Å². The first-order valence-corrected chi connectivity index (χ1v) is 17.0. The molecule has 5 aromatic rings. The lowest BCUT2D eigenvalue weighted by Gasteiger charge is -2.33. The summed E-state index contributed by atoms with van der Waals surface area (Å²) in [5, 5.41) is 5.94. The van der Waals surface area contributed by atoms with Gasteiger partial charge in [-0.25, -0.2) is 22.2 Å². The number of ether oxygens (including phenoxy) is 1. The number of nitrogens with zero attached hydrogens (tertiary/aromatic N) is 5. The normalized spacial score (nSPS) is 14.8. The predicted molar refractivity (Wildman–Crippen MR) is 181 cm³/mol. The highest BCUT2D eigenvalue weighted by atomic mass is 35.5. The molecule has 0 spiro atoms. The monoisotopic (exact) mass is 657 g/mol. The molecule has 1 aliphatic rings. The Morgan fingerprint density at radius 2 is 1.72 bits per heavy atom. The smallest absolute Gasteiger partial charge is 0.410 e. The predicted octanol–water partition coefficient (Wildman–Crippen LogP) is 7.84. The van der Waals surface area contributed by atoms with Gasteiger partial charge in [0.15, 0.2) is 5.65 Å². The molecule has 1 amide bonds. The molecule has 0 saturated carbocycles. The quantitative estimate of drug-likeness (QED) is 0.184. The molecule has 9 nitrogen and oxygen atoms in total. The van der Waals surface area contributed by atoms with E-state index in [0.717, 1.165) is 35.1 Å².